The maximum atomic E-state index is 12.6. The van der Waals surface area contributed by atoms with Crippen LogP contribution >= 0.6 is 11.8 Å². The van der Waals surface area contributed by atoms with E-state index in [0.717, 1.165) is 33.9 Å². The van der Waals surface area contributed by atoms with Crippen molar-refractivity contribution in [3.63, 3.8) is 0 Å². The average Bonchev–Trinajstić information content (AvgIpc) is 3.02. The molecule has 32 heavy (non-hydrogen) atoms. The SMILES string of the molecule is COc1ccc(C(=O)NCCN2C(=O)SC(=Cc3ccc(C)cc3)C2=O)cc1OC(F)F. The van der Waals surface area contributed by atoms with E-state index in [1.165, 1.54) is 19.2 Å². The van der Waals surface area contributed by atoms with Gasteiger partial charge < -0.3 is 14.8 Å². The molecule has 0 radical (unpaired) electrons. The summed E-state index contributed by atoms with van der Waals surface area (Å²) in [6, 6.07) is 11.4. The molecule has 0 aliphatic carbocycles. The fourth-order valence-corrected chi connectivity index (χ4v) is 3.76. The van der Waals surface area contributed by atoms with Gasteiger partial charge in [0.25, 0.3) is 17.1 Å². The maximum Gasteiger partial charge on any atom is 0.387 e. The number of hydrogen-bond acceptors (Lipinski definition) is 6. The Bertz CT molecular complexity index is 1060. The molecule has 1 aliphatic rings. The number of methoxy groups -OCH3 is 1. The van der Waals surface area contributed by atoms with Crippen LogP contribution in [0.25, 0.3) is 6.08 Å². The third kappa shape index (κ3) is 5.64. The van der Waals surface area contributed by atoms with Crippen LogP contribution in [0.4, 0.5) is 13.6 Å². The van der Waals surface area contributed by atoms with Crippen LogP contribution in [0.15, 0.2) is 47.4 Å². The van der Waals surface area contributed by atoms with E-state index in [0.29, 0.717) is 4.91 Å². The van der Waals surface area contributed by atoms with Gasteiger partial charge in [-0.2, -0.15) is 8.78 Å². The number of benzene rings is 2. The monoisotopic (exact) mass is 462 g/mol. The molecule has 0 unspecified atom stereocenters. The van der Waals surface area contributed by atoms with Crippen molar-refractivity contribution in [2.24, 2.45) is 0 Å². The van der Waals surface area contributed by atoms with Crippen LogP contribution in [0.3, 0.4) is 0 Å². The van der Waals surface area contributed by atoms with Gasteiger partial charge in [0.05, 0.1) is 12.0 Å². The zero-order chi connectivity index (χ0) is 23.3. The highest BCUT2D eigenvalue weighted by atomic mass is 32.2. The highest BCUT2D eigenvalue weighted by Gasteiger charge is 2.34. The van der Waals surface area contributed by atoms with Crippen molar-refractivity contribution in [3.8, 4) is 11.5 Å². The number of nitrogens with one attached hydrogen (secondary N) is 1. The first-order valence-electron chi connectivity index (χ1n) is 9.51. The van der Waals surface area contributed by atoms with Crippen LogP contribution in [0.5, 0.6) is 11.5 Å². The van der Waals surface area contributed by atoms with E-state index in [9.17, 15) is 23.2 Å². The summed E-state index contributed by atoms with van der Waals surface area (Å²) in [7, 11) is 1.29. The summed E-state index contributed by atoms with van der Waals surface area (Å²) in [5.74, 6) is -1.23. The minimum absolute atomic E-state index is 0.00818. The smallest absolute Gasteiger partial charge is 0.387 e. The Kier molecular flexibility index (Phi) is 7.47. The van der Waals surface area contributed by atoms with Crippen LogP contribution in [0.1, 0.15) is 21.5 Å². The van der Waals surface area contributed by atoms with E-state index < -0.39 is 23.7 Å². The highest BCUT2D eigenvalue weighted by molar-refractivity contribution is 8.18. The Labute approximate surface area is 187 Å². The number of carbonyl (C=O) groups excluding carboxylic acids is 3. The number of rotatable bonds is 8. The molecule has 3 amide bonds. The summed E-state index contributed by atoms with van der Waals surface area (Å²) in [6.45, 7) is -1.16. The fourth-order valence-electron chi connectivity index (χ4n) is 2.90. The third-order valence-electron chi connectivity index (χ3n) is 4.51. The summed E-state index contributed by atoms with van der Waals surface area (Å²) >= 11 is 0.832. The molecule has 7 nitrogen and oxygen atoms in total. The second kappa shape index (κ2) is 10.3. The number of amides is 3. The van der Waals surface area contributed by atoms with Crippen LogP contribution < -0.4 is 14.8 Å². The summed E-state index contributed by atoms with van der Waals surface area (Å²) in [6.07, 6.45) is 1.64. The molecule has 1 heterocycles. The van der Waals surface area contributed by atoms with Gasteiger partial charge in [-0.25, -0.2) is 0 Å². The van der Waals surface area contributed by atoms with Gasteiger partial charge in [-0.3, -0.25) is 19.3 Å². The molecule has 168 valence electrons. The number of carbonyl (C=O) groups is 3. The normalized spacial score (nSPS) is 14.9. The van der Waals surface area contributed by atoms with Gasteiger partial charge in [-0.15, -0.1) is 0 Å². The lowest BCUT2D eigenvalue weighted by Gasteiger charge is -2.14. The van der Waals surface area contributed by atoms with E-state index >= 15 is 0 Å². The summed E-state index contributed by atoms with van der Waals surface area (Å²) in [5, 5.41) is 2.13. The molecule has 1 N–H and O–H groups in total. The van der Waals surface area contributed by atoms with Gasteiger partial charge >= 0.3 is 6.61 Å². The van der Waals surface area contributed by atoms with Gasteiger partial charge in [0.15, 0.2) is 11.5 Å². The number of nitrogens with zero attached hydrogens (tertiary/aromatic N) is 1. The number of halogens is 2. The molecule has 0 saturated carbocycles. The Morgan fingerprint density at radius 2 is 1.88 bits per heavy atom. The van der Waals surface area contributed by atoms with Crippen molar-refractivity contribution in [1.29, 1.82) is 0 Å². The van der Waals surface area contributed by atoms with E-state index in [-0.39, 0.29) is 30.2 Å². The molecular formula is C22H20F2N2O5S. The van der Waals surface area contributed by atoms with E-state index in [2.05, 4.69) is 10.1 Å². The van der Waals surface area contributed by atoms with Crippen LogP contribution in [-0.2, 0) is 4.79 Å². The van der Waals surface area contributed by atoms with Gasteiger partial charge in [-0.05, 0) is 48.5 Å². The molecule has 2 aromatic rings. The molecule has 1 aliphatic heterocycles. The van der Waals surface area contributed by atoms with E-state index in [1.807, 2.05) is 31.2 Å². The fraction of sp³-hybridized carbons (Fsp3) is 0.227. The standard InChI is InChI=1S/C22H20F2N2O5S/c1-13-3-5-14(6-4-13)11-18-20(28)26(22(29)32-18)10-9-25-19(27)15-7-8-16(30-2)17(12-15)31-21(23)24/h3-8,11-12,21H,9-10H2,1-2H3,(H,25,27). The van der Waals surface area contributed by atoms with Gasteiger partial charge in [-0.1, -0.05) is 29.8 Å². The largest absolute Gasteiger partial charge is 0.493 e. The third-order valence-corrected chi connectivity index (χ3v) is 5.42. The second-order valence-electron chi connectivity index (χ2n) is 6.74. The number of alkyl halides is 2. The summed E-state index contributed by atoms with van der Waals surface area (Å²) in [5.41, 5.74) is 1.95. The average molecular weight is 462 g/mol. The lowest BCUT2D eigenvalue weighted by Crippen LogP contribution is -2.37. The minimum Gasteiger partial charge on any atom is -0.493 e. The number of aryl methyl sites for hydroxylation is 1. The zero-order valence-corrected chi connectivity index (χ0v) is 18.1. The molecule has 1 fully saturated rings. The first-order valence-corrected chi connectivity index (χ1v) is 10.3. The van der Waals surface area contributed by atoms with Crippen molar-refractivity contribution >= 4 is 34.9 Å². The van der Waals surface area contributed by atoms with Crippen molar-refractivity contribution in [1.82, 2.24) is 10.2 Å². The molecule has 1 saturated heterocycles. The second-order valence-corrected chi connectivity index (χ2v) is 7.74. The van der Waals surface area contributed by atoms with Crippen LogP contribution in [-0.4, -0.2) is 48.8 Å². The maximum absolute atomic E-state index is 12.6. The van der Waals surface area contributed by atoms with Crippen LogP contribution in [0, 0.1) is 6.92 Å². The lowest BCUT2D eigenvalue weighted by molar-refractivity contribution is -0.122. The predicted molar refractivity (Wildman–Crippen MR) is 116 cm³/mol. The Hall–Kier alpha value is -3.40. The quantitative estimate of drug-likeness (QED) is 0.596. The van der Waals surface area contributed by atoms with Crippen molar-refractivity contribution in [2.45, 2.75) is 13.5 Å². The molecule has 0 bridgehead atoms. The van der Waals surface area contributed by atoms with Crippen molar-refractivity contribution in [2.75, 3.05) is 20.2 Å². The topological polar surface area (TPSA) is 84.9 Å². The molecule has 0 spiro atoms. The summed E-state index contributed by atoms with van der Waals surface area (Å²) in [4.78, 5) is 38.5. The first kappa shape index (κ1) is 23.3. The zero-order valence-electron chi connectivity index (χ0n) is 17.3. The molecule has 2 aromatic carbocycles. The van der Waals surface area contributed by atoms with Crippen molar-refractivity contribution in [3.05, 3.63) is 64.1 Å². The van der Waals surface area contributed by atoms with E-state index in [1.54, 1.807) is 6.08 Å². The molecular weight excluding hydrogens is 442 g/mol. The lowest BCUT2D eigenvalue weighted by atomic mass is 10.1. The molecule has 3 rings (SSSR count). The molecule has 10 heteroatoms. The molecule has 0 atom stereocenters. The first-order chi connectivity index (χ1) is 15.3. The Morgan fingerprint density at radius 1 is 1.16 bits per heavy atom. The van der Waals surface area contributed by atoms with Crippen LogP contribution in [0.2, 0.25) is 0 Å². The number of ether oxygens (including phenoxy) is 2. The number of thioether (sulfide) groups is 1. The Morgan fingerprint density at radius 3 is 2.53 bits per heavy atom. The summed E-state index contributed by atoms with van der Waals surface area (Å²) < 4.78 is 34.4. The highest BCUT2D eigenvalue weighted by Crippen LogP contribution is 2.32. The minimum atomic E-state index is -3.07. The Balaban J connectivity index is 1.60. The van der Waals surface area contributed by atoms with Gasteiger partial charge in [0, 0.05) is 18.7 Å². The predicted octanol–water partition coefficient (Wildman–Crippen LogP) is 4.07. The number of imide groups is 1. The van der Waals surface area contributed by atoms with Gasteiger partial charge in [0.1, 0.15) is 0 Å². The molecule has 0 aromatic heterocycles. The van der Waals surface area contributed by atoms with Crippen molar-refractivity contribution < 1.29 is 32.6 Å². The van der Waals surface area contributed by atoms with Gasteiger partial charge in [0.2, 0.25) is 0 Å². The number of hydrogen-bond donors (Lipinski definition) is 1. The van der Waals surface area contributed by atoms with E-state index in [4.69, 9.17) is 4.74 Å².